The van der Waals surface area contributed by atoms with Crippen LogP contribution in [0.25, 0.3) is 0 Å². The molecule has 0 aliphatic heterocycles. The number of nitrogens with two attached hydrogens (primary N) is 1. The van der Waals surface area contributed by atoms with E-state index in [4.69, 9.17) is 34.3 Å². The zero-order chi connectivity index (χ0) is 14.4. The smallest absolute Gasteiger partial charge is 0.325 e. The van der Waals surface area contributed by atoms with Gasteiger partial charge in [-0.1, -0.05) is 23.8 Å². The normalized spacial score (nSPS) is 10.1. The van der Waals surface area contributed by atoms with Crippen molar-refractivity contribution in [2.45, 2.75) is 13.8 Å². The molecule has 0 saturated carbocycles. The maximum absolute atomic E-state index is 11.6. The van der Waals surface area contributed by atoms with Crippen LogP contribution in [0.3, 0.4) is 0 Å². The second-order valence-corrected chi connectivity index (χ2v) is 4.72. The van der Waals surface area contributed by atoms with E-state index in [2.05, 4.69) is 0 Å². The van der Waals surface area contributed by atoms with Crippen LogP contribution in [-0.4, -0.2) is 30.7 Å². The van der Waals surface area contributed by atoms with Crippen molar-refractivity contribution in [3.63, 3.8) is 0 Å². The molecule has 0 spiro atoms. The number of anilines is 1. The number of halogens is 1. The second kappa shape index (κ2) is 7.31. The Bertz CT molecular complexity index is 480. The average Bonchev–Trinajstić information content (AvgIpc) is 2.35. The average molecular weight is 301 g/mol. The molecule has 4 nitrogen and oxygen atoms in total. The lowest BCUT2D eigenvalue weighted by Crippen LogP contribution is -2.32. The van der Waals surface area contributed by atoms with Crippen molar-refractivity contribution in [2.24, 2.45) is 5.73 Å². The van der Waals surface area contributed by atoms with Crippen molar-refractivity contribution < 1.29 is 9.53 Å². The first-order valence-corrected chi connectivity index (χ1v) is 6.78. The summed E-state index contributed by atoms with van der Waals surface area (Å²) < 4.78 is 4.95. The molecule has 0 heterocycles. The van der Waals surface area contributed by atoms with Crippen molar-refractivity contribution in [3.8, 4) is 0 Å². The van der Waals surface area contributed by atoms with Crippen molar-refractivity contribution >= 4 is 40.5 Å². The number of carbonyl (C=O) groups excluding carboxylic acids is 1. The number of benzene rings is 1. The number of nitrogens with zero attached hydrogens (tertiary/aromatic N) is 1. The molecule has 0 bridgehead atoms. The van der Waals surface area contributed by atoms with Gasteiger partial charge in [-0.15, -0.1) is 0 Å². The van der Waals surface area contributed by atoms with Crippen molar-refractivity contribution in [3.05, 3.63) is 28.8 Å². The van der Waals surface area contributed by atoms with Crippen LogP contribution in [0.4, 0.5) is 5.69 Å². The van der Waals surface area contributed by atoms with E-state index < -0.39 is 0 Å². The number of hydrogen-bond acceptors (Lipinski definition) is 4. The topological polar surface area (TPSA) is 55.6 Å². The predicted octanol–water partition coefficient (Wildman–Crippen LogP) is 2.36. The van der Waals surface area contributed by atoms with E-state index >= 15 is 0 Å². The Labute approximate surface area is 123 Å². The second-order valence-electron chi connectivity index (χ2n) is 3.84. The molecule has 0 aliphatic rings. The Morgan fingerprint density at radius 2 is 2.16 bits per heavy atom. The summed E-state index contributed by atoms with van der Waals surface area (Å²) >= 11 is 11.0. The summed E-state index contributed by atoms with van der Waals surface area (Å²) in [5, 5.41) is 0.567. The maximum atomic E-state index is 11.6. The van der Waals surface area contributed by atoms with Crippen LogP contribution in [0.1, 0.15) is 19.4 Å². The summed E-state index contributed by atoms with van der Waals surface area (Å²) in [4.78, 5) is 13.7. The molecule has 19 heavy (non-hydrogen) atoms. The third kappa shape index (κ3) is 4.36. The van der Waals surface area contributed by atoms with E-state index in [1.54, 1.807) is 25.1 Å². The van der Waals surface area contributed by atoms with E-state index in [1.807, 2.05) is 11.8 Å². The standard InChI is InChI=1S/C13H17ClN2O2S/c1-3-16(8-12(17)18-4-2)11-7-9(14)5-6-10(11)13(15)19/h5-7H,3-4,8H2,1-2H3,(H2,15,19). The number of carbonyl (C=O) groups is 1. The first-order chi connectivity index (χ1) is 8.99. The van der Waals surface area contributed by atoms with E-state index in [0.29, 0.717) is 23.7 Å². The quantitative estimate of drug-likeness (QED) is 0.646. The molecular formula is C13H17ClN2O2S. The minimum atomic E-state index is -0.293. The Kier molecular flexibility index (Phi) is 6.05. The van der Waals surface area contributed by atoms with Gasteiger partial charge in [0, 0.05) is 22.8 Å². The maximum Gasteiger partial charge on any atom is 0.325 e. The molecule has 0 unspecified atom stereocenters. The molecule has 0 fully saturated rings. The monoisotopic (exact) mass is 300 g/mol. The summed E-state index contributed by atoms with van der Waals surface area (Å²) in [5.41, 5.74) is 7.14. The van der Waals surface area contributed by atoms with Gasteiger partial charge in [0.25, 0.3) is 0 Å². The van der Waals surface area contributed by atoms with E-state index in [9.17, 15) is 4.79 Å². The Morgan fingerprint density at radius 1 is 1.47 bits per heavy atom. The molecule has 6 heteroatoms. The highest BCUT2D eigenvalue weighted by atomic mass is 35.5. The third-order valence-corrected chi connectivity index (χ3v) is 3.03. The van der Waals surface area contributed by atoms with Crippen LogP contribution in [0.15, 0.2) is 18.2 Å². The fourth-order valence-corrected chi connectivity index (χ4v) is 2.04. The number of esters is 1. The zero-order valence-electron chi connectivity index (χ0n) is 11.0. The van der Waals surface area contributed by atoms with Crippen molar-refractivity contribution in [1.82, 2.24) is 0 Å². The van der Waals surface area contributed by atoms with E-state index in [1.165, 1.54) is 0 Å². The molecule has 0 atom stereocenters. The minimum Gasteiger partial charge on any atom is -0.465 e. The summed E-state index contributed by atoms with van der Waals surface area (Å²) in [5.74, 6) is -0.293. The number of rotatable bonds is 6. The first-order valence-electron chi connectivity index (χ1n) is 5.99. The van der Waals surface area contributed by atoms with Gasteiger partial charge in [0.2, 0.25) is 0 Å². The van der Waals surface area contributed by atoms with Crippen LogP contribution < -0.4 is 10.6 Å². The summed E-state index contributed by atoms with van der Waals surface area (Å²) in [6.07, 6.45) is 0. The predicted molar refractivity (Wildman–Crippen MR) is 81.9 cm³/mol. The van der Waals surface area contributed by atoms with Gasteiger partial charge in [-0.3, -0.25) is 4.79 Å². The molecule has 1 aromatic rings. The van der Waals surface area contributed by atoms with Gasteiger partial charge in [-0.05, 0) is 32.0 Å². The largest absolute Gasteiger partial charge is 0.465 e. The van der Waals surface area contributed by atoms with Gasteiger partial charge in [-0.25, -0.2) is 0 Å². The molecular weight excluding hydrogens is 284 g/mol. The Balaban J connectivity index is 3.06. The summed E-state index contributed by atoms with van der Waals surface area (Å²) in [6, 6.07) is 5.23. The highest BCUT2D eigenvalue weighted by Gasteiger charge is 2.16. The summed E-state index contributed by atoms with van der Waals surface area (Å²) in [6.45, 7) is 4.82. The van der Waals surface area contributed by atoms with E-state index in [0.717, 1.165) is 5.69 Å². The lowest BCUT2D eigenvalue weighted by Gasteiger charge is -2.24. The van der Waals surface area contributed by atoms with Crippen LogP contribution in [-0.2, 0) is 9.53 Å². The van der Waals surface area contributed by atoms with Gasteiger partial charge in [0.1, 0.15) is 11.5 Å². The summed E-state index contributed by atoms with van der Waals surface area (Å²) in [7, 11) is 0. The fourth-order valence-electron chi connectivity index (χ4n) is 1.70. The van der Waals surface area contributed by atoms with Crippen molar-refractivity contribution in [1.29, 1.82) is 0 Å². The third-order valence-electron chi connectivity index (χ3n) is 2.57. The lowest BCUT2D eigenvalue weighted by molar-refractivity contribution is -0.141. The number of hydrogen-bond donors (Lipinski definition) is 1. The van der Waals surface area contributed by atoms with E-state index in [-0.39, 0.29) is 17.5 Å². The first kappa shape index (κ1) is 15.7. The van der Waals surface area contributed by atoms with Gasteiger partial charge < -0.3 is 15.4 Å². The van der Waals surface area contributed by atoms with Crippen LogP contribution in [0.2, 0.25) is 5.02 Å². The zero-order valence-corrected chi connectivity index (χ0v) is 12.6. The highest BCUT2D eigenvalue weighted by Crippen LogP contribution is 2.25. The van der Waals surface area contributed by atoms with Crippen LogP contribution in [0, 0.1) is 0 Å². The molecule has 1 aromatic carbocycles. The molecule has 0 radical (unpaired) electrons. The fraction of sp³-hybridized carbons (Fsp3) is 0.385. The molecule has 0 aromatic heterocycles. The molecule has 0 saturated heterocycles. The number of ether oxygens (including phenoxy) is 1. The van der Waals surface area contributed by atoms with Gasteiger partial charge in [0.05, 0.1) is 6.61 Å². The van der Waals surface area contributed by atoms with Gasteiger partial charge in [0.15, 0.2) is 0 Å². The number of thiocarbonyl (C=S) groups is 1. The molecule has 1 rings (SSSR count). The van der Waals surface area contributed by atoms with Gasteiger partial charge in [-0.2, -0.15) is 0 Å². The Morgan fingerprint density at radius 3 is 2.68 bits per heavy atom. The Hall–Kier alpha value is -1.33. The minimum absolute atomic E-state index is 0.139. The van der Waals surface area contributed by atoms with Crippen LogP contribution in [0.5, 0.6) is 0 Å². The van der Waals surface area contributed by atoms with Crippen LogP contribution >= 0.6 is 23.8 Å². The lowest BCUT2D eigenvalue weighted by atomic mass is 10.1. The van der Waals surface area contributed by atoms with Crippen molar-refractivity contribution in [2.75, 3.05) is 24.6 Å². The van der Waals surface area contributed by atoms with Gasteiger partial charge >= 0.3 is 5.97 Å². The highest BCUT2D eigenvalue weighted by molar-refractivity contribution is 7.80. The molecule has 0 aliphatic carbocycles. The molecule has 104 valence electrons. The SMILES string of the molecule is CCOC(=O)CN(CC)c1cc(Cl)ccc1C(N)=S. The molecule has 0 amide bonds. The molecule has 2 N–H and O–H groups in total. The number of likely N-dealkylation sites (N-methyl/N-ethyl adjacent to an activating group) is 1.